The summed E-state index contributed by atoms with van der Waals surface area (Å²) in [6, 6.07) is 7.20. The van der Waals surface area contributed by atoms with Crippen LogP contribution in [0.3, 0.4) is 0 Å². The van der Waals surface area contributed by atoms with E-state index in [4.69, 9.17) is 0 Å². The molecule has 22 heavy (non-hydrogen) atoms. The largest absolute Gasteiger partial charge is 0.355 e. The number of nitrogens with zero attached hydrogens (tertiary/aromatic N) is 2. The van der Waals surface area contributed by atoms with Gasteiger partial charge in [0.2, 0.25) is 5.91 Å². The number of carbonyl (C=O) groups is 1. The lowest BCUT2D eigenvalue weighted by atomic mass is 10.2. The van der Waals surface area contributed by atoms with Crippen LogP contribution in [0.4, 0.5) is 0 Å². The van der Waals surface area contributed by atoms with Crippen molar-refractivity contribution in [3.63, 3.8) is 0 Å². The maximum absolute atomic E-state index is 12.2. The number of nitrogens with one attached hydrogen (secondary N) is 2. The van der Waals surface area contributed by atoms with Crippen LogP contribution in [0.1, 0.15) is 13.3 Å². The smallest absolute Gasteiger partial charge is 0.261 e. The van der Waals surface area contributed by atoms with Gasteiger partial charge in [-0.05, 0) is 18.7 Å². The van der Waals surface area contributed by atoms with E-state index in [2.05, 4.69) is 15.6 Å². The van der Waals surface area contributed by atoms with Crippen molar-refractivity contribution in [2.75, 3.05) is 19.6 Å². The summed E-state index contributed by atoms with van der Waals surface area (Å²) in [5.41, 5.74) is 0.565. The highest BCUT2D eigenvalue weighted by Gasteiger charge is 2.05. The van der Waals surface area contributed by atoms with Crippen LogP contribution in [0.2, 0.25) is 0 Å². The number of hydrogen-bond donors (Lipinski definition) is 2. The van der Waals surface area contributed by atoms with Gasteiger partial charge in [-0.25, -0.2) is 4.98 Å². The van der Waals surface area contributed by atoms with Gasteiger partial charge in [0, 0.05) is 26.1 Å². The first-order valence-electron chi connectivity index (χ1n) is 7.14. The van der Waals surface area contributed by atoms with Crippen molar-refractivity contribution in [3.8, 4) is 0 Å². The fourth-order valence-corrected chi connectivity index (χ4v) is 2.04. The molecule has 0 aliphatic heterocycles. The number of likely N-dealkylation sites (N-methyl/N-ethyl adjacent to an activating group) is 1. The van der Waals surface area contributed by atoms with Gasteiger partial charge >= 0.3 is 0 Å². The molecule has 1 amide bonds. The first-order chi connectivity index (χ1) is 10.2. The van der Waals surface area contributed by atoms with E-state index in [1.165, 1.54) is 10.9 Å². The monoisotopic (exact) mass is 324 g/mol. The SMILES string of the molecule is CCNCCNC(=O)CCn1cnc2ccccc2c1=O.Cl. The minimum absolute atomic E-state index is 0. The Balaban J connectivity index is 0.00000242. The van der Waals surface area contributed by atoms with Gasteiger partial charge in [-0.3, -0.25) is 14.2 Å². The van der Waals surface area contributed by atoms with E-state index >= 15 is 0 Å². The number of amides is 1. The summed E-state index contributed by atoms with van der Waals surface area (Å²) in [6.45, 7) is 4.58. The van der Waals surface area contributed by atoms with E-state index < -0.39 is 0 Å². The van der Waals surface area contributed by atoms with Crippen molar-refractivity contribution in [2.45, 2.75) is 19.9 Å². The van der Waals surface area contributed by atoms with E-state index in [0.29, 0.717) is 24.0 Å². The van der Waals surface area contributed by atoms with Crippen LogP contribution in [-0.2, 0) is 11.3 Å². The number of para-hydroxylation sites is 1. The third kappa shape index (κ3) is 4.82. The molecule has 0 fully saturated rings. The van der Waals surface area contributed by atoms with Crippen molar-refractivity contribution in [3.05, 3.63) is 40.9 Å². The second kappa shape index (κ2) is 9.17. The molecule has 0 radical (unpaired) electrons. The fourth-order valence-electron chi connectivity index (χ4n) is 2.04. The molecule has 120 valence electrons. The average Bonchev–Trinajstić information content (AvgIpc) is 2.51. The Hall–Kier alpha value is -1.92. The molecule has 2 aromatic rings. The van der Waals surface area contributed by atoms with Crippen molar-refractivity contribution < 1.29 is 4.79 Å². The molecule has 0 aliphatic rings. The molecule has 0 saturated carbocycles. The Labute approximate surface area is 135 Å². The zero-order valence-corrected chi connectivity index (χ0v) is 13.4. The Morgan fingerprint density at radius 3 is 2.82 bits per heavy atom. The normalized spacial score (nSPS) is 10.2. The molecule has 2 rings (SSSR count). The topological polar surface area (TPSA) is 76.0 Å². The van der Waals surface area contributed by atoms with Gasteiger partial charge in [0.15, 0.2) is 0 Å². The second-order valence-electron chi connectivity index (χ2n) is 4.71. The van der Waals surface area contributed by atoms with E-state index in [1.54, 1.807) is 12.1 Å². The molecule has 0 atom stereocenters. The van der Waals surface area contributed by atoms with Crippen molar-refractivity contribution in [1.82, 2.24) is 20.2 Å². The summed E-state index contributed by atoms with van der Waals surface area (Å²) in [5.74, 6) is -0.0621. The number of rotatable bonds is 7. The molecule has 6 nitrogen and oxygen atoms in total. The molecule has 0 bridgehead atoms. The highest BCUT2D eigenvalue weighted by molar-refractivity contribution is 5.85. The zero-order chi connectivity index (χ0) is 15.1. The molecule has 7 heteroatoms. The Morgan fingerprint density at radius 2 is 2.05 bits per heavy atom. The first-order valence-corrected chi connectivity index (χ1v) is 7.14. The van der Waals surface area contributed by atoms with Gasteiger partial charge in [0.25, 0.3) is 5.56 Å². The third-order valence-corrected chi connectivity index (χ3v) is 3.19. The molecule has 1 aromatic carbocycles. The summed E-state index contributed by atoms with van der Waals surface area (Å²) in [7, 11) is 0. The summed E-state index contributed by atoms with van der Waals surface area (Å²) < 4.78 is 1.48. The molecule has 2 N–H and O–H groups in total. The average molecular weight is 325 g/mol. The van der Waals surface area contributed by atoms with Gasteiger partial charge in [0.1, 0.15) is 0 Å². The third-order valence-electron chi connectivity index (χ3n) is 3.19. The quantitative estimate of drug-likeness (QED) is 0.743. The summed E-state index contributed by atoms with van der Waals surface area (Å²) in [4.78, 5) is 28.1. The summed E-state index contributed by atoms with van der Waals surface area (Å²) >= 11 is 0. The van der Waals surface area contributed by atoms with E-state index in [1.807, 2.05) is 19.1 Å². The lowest BCUT2D eigenvalue weighted by Gasteiger charge is -2.08. The number of halogens is 1. The van der Waals surface area contributed by atoms with Crippen LogP contribution < -0.4 is 16.2 Å². The minimum atomic E-state index is -0.110. The first kappa shape index (κ1) is 18.1. The van der Waals surface area contributed by atoms with Crippen molar-refractivity contribution >= 4 is 29.2 Å². The molecular weight excluding hydrogens is 304 g/mol. The Kier molecular flexibility index (Phi) is 7.56. The number of fused-ring (bicyclic) bond motifs is 1. The highest BCUT2D eigenvalue weighted by Crippen LogP contribution is 2.04. The molecule has 0 unspecified atom stereocenters. The van der Waals surface area contributed by atoms with Gasteiger partial charge in [0.05, 0.1) is 17.2 Å². The van der Waals surface area contributed by atoms with Crippen LogP contribution in [0, 0.1) is 0 Å². The molecule has 0 saturated heterocycles. The van der Waals surface area contributed by atoms with Gasteiger partial charge in [-0.1, -0.05) is 19.1 Å². The predicted octanol–water partition coefficient (Wildman–Crippen LogP) is 0.934. The van der Waals surface area contributed by atoms with Crippen LogP contribution >= 0.6 is 12.4 Å². The van der Waals surface area contributed by atoms with E-state index in [0.717, 1.165) is 13.1 Å². The second-order valence-corrected chi connectivity index (χ2v) is 4.71. The summed E-state index contributed by atoms with van der Waals surface area (Å²) in [6.07, 6.45) is 1.77. The van der Waals surface area contributed by atoms with Gasteiger partial charge in [-0.15, -0.1) is 12.4 Å². The van der Waals surface area contributed by atoms with Gasteiger partial charge in [-0.2, -0.15) is 0 Å². The van der Waals surface area contributed by atoms with Gasteiger partial charge < -0.3 is 10.6 Å². The number of hydrogen-bond acceptors (Lipinski definition) is 4. The minimum Gasteiger partial charge on any atom is -0.355 e. The van der Waals surface area contributed by atoms with E-state index in [9.17, 15) is 9.59 Å². The highest BCUT2D eigenvalue weighted by atomic mass is 35.5. The predicted molar refractivity (Wildman–Crippen MR) is 89.4 cm³/mol. The number of aryl methyl sites for hydroxylation is 1. The number of aromatic nitrogens is 2. The Morgan fingerprint density at radius 1 is 1.27 bits per heavy atom. The molecular formula is C15H21ClN4O2. The van der Waals surface area contributed by atoms with Crippen molar-refractivity contribution in [1.29, 1.82) is 0 Å². The Bertz CT molecular complexity index is 672. The molecule has 1 heterocycles. The molecule has 1 aromatic heterocycles. The maximum atomic E-state index is 12.2. The standard InChI is InChI=1S/C15H20N4O2.ClH/c1-2-16-8-9-17-14(20)7-10-19-11-18-13-6-4-3-5-12(13)15(19)21;/h3-6,11,16H,2,7-10H2,1H3,(H,17,20);1H. The lowest BCUT2D eigenvalue weighted by molar-refractivity contribution is -0.121. The van der Waals surface area contributed by atoms with Crippen LogP contribution in [-0.4, -0.2) is 35.1 Å². The molecule has 0 aliphatic carbocycles. The maximum Gasteiger partial charge on any atom is 0.261 e. The lowest BCUT2D eigenvalue weighted by Crippen LogP contribution is -2.33. The van der Waals surface area contributed by atoms with Crippen LogP contribution in [0.15, 0.2) is 35.4 Å². The molecule has 0 spiro atoms. The zero-order valence-electron chi connectivity index (χ0n) is 12.5. The van der Waals surface area contributed by atoms with Crippen molar-refractivity contribution in [2.24, 2.45) is 0 Å². The van der Waals surface area contributed by atoms with Crippen LogP contribution in [0.25, 0.3) is 10.9 Å². The summed E-state index contributed by atoms with van der Waals surface area (Å²) in [5, 5.41) is 6.51. The van der Waals surface area contributed by atoms with E-state index in [-0.39, 0.29) is 30.3 Å². The fraction of sp³-hybridized carbons (Fsp3) is 0.400. The van der Waals surface area contributed by atoms with Crippen LogP contribution in [0.5, 0.6) is 0 Å². The number of benzene rings is 1. The number of carbonyl (C=O) groups excluding carboxylic acids is 1.